The average molecular weight is 268 g/mol. The molecule has 2 aromatic rings. The SMILES string of the molecule is CC(N)C(Oc1ccc2c(c1)CCC2)c1cccnc1. The smallest absolute Gasteiger partial charge is 0.140 e. The van der Waals surface area contributed by atoms with Crippen LogP contribution in [0.3, 0.4) is 0 Å². The zero-order valence-electron chi connectivity index (χ0n) is 11.8. The number of benzene rings is 1. The summed E-state index contributed by atoms with van der Waals surface area (Å²) in [5.74, 6) is 0.900. The van der Waals surface area contributed by atoms with Crippen molar-refractivity contribution in [2.75, 3.05) is 0 Å². The molecule has 3 nitrogen and oxygen atoms in total. The first-order valence-electron chi connectivity index (χ1n) is 7.18. The van der Waals surface area contributed by atoms with E-state index in [1.165, 1.54) is 24.0 Å². The fraction of sp³-hybridized carbons (Fsp3) is 0.353. The van der Waals surface area contributed by atoms with Gasteiger partial charge in [-0.15, -0.1) is 0 Å². The Morgan fingerprint density at radius 3 is 2.80 bits per heavy atom. The lowest BCUT2D eigenvalue weighted by Gasteiger charge is -2.23. The van der Waals surface area contributed by atoms with Gasteiger partial charge in [-0.1, -0.05) is 12.1 Å². The minimum Gasteiger partial charge on any atom is -0.484 e. The third kappa shape index (κ3) is 2.68. The lowest BCUT2D eigenvalue weighted by molar-refractivity contribution is 0.180. The minimum atomic E-state index is -0.164. The van der Waals surface area contributed by atoms with Gasteiger partial charge < -0.3 is 10.5 Å². The molecule has 0 fully saturated rings. The number of hydrogen-bond donors (Lipinski definition) is 1. The van der Waals surface area contributed by atoms with E-state index in [-0.39, 0.29) is 12.1 Å². The number of rotatable bonds is 4. The predicted molar refractivity (Wildman–Crippen MR) is 79.7 cm³/mol. The van der Waals surface area contributed by atoms with Crippen molar-refractivity contribution < 1.29 is 4.74 Å². The molecule has 3 heteroatoms. The lowest BCUT2D eigenvalue weighted by Crippen LogP contribution is -2.29. The molecular weight excluding hydrogens is 248 g/mol. The second kappa shape index (κ2) is 5.63. The van der Waals surface area contributed by atoms with Crippen LogP contribution in [-0.2, 0) is 12.8 Å². The summed E-state index contributed by atoms with van der Waals surface area (Å²) in [4.78, 5) is 4.15. The molecule has 2 N–H and O–H groups in total. The van der Waals surface area contributed by atoms with Crippen LogP contribution in [0.15, 0.2) is 42.7 Å². The van der Waals surface area contributed by atoms with Crippen molar-refractivity contribution >= 4 is 0 Å². The molecule has 1 aromatic heterocycles. The molecule has 0 radical (unpaired) electrons. The van der Waals surface area contributed by atoms with Gasteiger partial charge in [0.25, 0.3) is 0 Å². The van der Waals surface area contributed by atoms with E-state index in [1.54, 1.807) is 6.20 Å². The van der Waals surface area contributed by atoms with Crippen LogP contribution in [0, 0.1) is 0 Å². The maximum atomic E-state index is 6.12. The Bertz CT molecular complexity index is 581. The minimum absolute atomic E-state index is 0.0903. The van der Waals surface area contributed by atoms with Crippen LogP contribution >= 0.6 is 0 Å². The molecule has 1 aliphatic rings. The molecule has 0 aliphatic heterocycles. The number of hydrogen-bond acceptors (Lipinski definition) is 3. The zero-order chi connectivity index (χ0) is 13.9. The van der Waals surface area contributed by atoms with E-state index in [1.807, 2.05) is 25.3 Å². The maximum absolute atomic E-state index is 6.12. The predicted octanol–water partition coefficient (Wildman–Crippen LogP) is 3.04. The maximum Gasteiger partial charge on any atom is 0.140 e. The Hall–Kier alpha value is -1.87. The number of nitrogens with two attached hydrogens (primary N) is 1. The molecule has 0 spiro atoms. The molecule has 0 amide bonds. The Balaban J connectivity index is 1.84. The fourth-order valence-electron chi connectivity index (χ4n) is 2.79. The molecule has 2 unspecified atom stereocenters. The van der Waals surface area contributed by atoms with Gasteiger partial charge in [-0.05, 0) is 55.5 Å². The first kappa shape index (κ1) is 13.1. The molecule has 2 atom stereocenters. The fourth-order valence-corrected chi connectivity index (χ4v) is 2.79. The summed E-state index contributed by atoms with van der Waals surface area (Å²) < 4.78 is 6.12. The largest absolute Gasteiger partial charge is 0.484 e. The second-order valence-corrected chi connectivity index (χ2v) is 5.47. The highest BCUT2D eigenvalue weighted by Gasteiger charge is 2.19. The Labute approximate surface area is 119 Å². The number of fused-ring (bicyclic) bond motifs is 1. The van der Waals surface area contributed by atoms with E-state index >= 15 is 0 Å². The summed E-state index contributed by atoms with van der Waals surface area (Å²) in [6.07, 6.45) is 7.01. The number of aromatic nitrogens is 1. The monoisotopic (exact) mass is 268 g/mol. The molecule has 20 heavy (non-hydrogen) atoms. The highest BCUT2D eigenvalue weighted by Crippen LogP contribution is 2.29. The van der Waals surface area contributed by atoms with Crippen LogP contribution in [0.2, 0.25) is 0 Å². The quantitative estimate of drug-likeness (QED) is 0.927. The molecule has 104 valence electrons. The van der Waals surface area contributed by atoms with E-state index in [9.17, 15) is 0 Å². The van der Waals surface area contributed by atoms with Crippen molar-refractivity contribution in [2.24, 2.45) is 5.73 Å². The van der Waals surface area contributed by atoms with Crippen LogP contribution in [0.4, 0.5) is 0 Å². The molecule has 1 heterocycles. The third-order valence-electron chi connectivity index (χ3n) is 3.82. The third-order valence-corrected chi connectivity index (χ3v) is 3.82. The number of nitrogens with zero attached hydrogens (tertiary/aromatic N) is 1. The highest BCUT2D eigenvalue weighted by molar-refractivity contribution is 5.38. The summed E-state index contributed by atoms with van der Waals surface area (Å²) in [5, 5.41) is 0. The highest BCUT2D eigenvalue weighted by atomic mass is 16.5. The second-order valence-electron chi connectivity index (χ2n) is 5.47. The van der Waals surface area contributed by atoms with Crippen LogP contribution in [0.1, 0.15) is 36.1 Å². The average Bonchev–Trinajstić information content (AvgIpc) is 2.93. The van der Waals surface area contributed by atoms with Crippen LogP contribution in [-0.4, -0.2) is 11.0 Å². The van der Waals surface area contributed by atoms with Gasteiger partial charge in [-0.3, -0.25) is 4.98 Å². The number of aryl methyl sites for hydroxylation is 2. The molecule has 1 aromatic carbocycles. The first-order valence-corrected chi connectivity index (χ1v) is 7.18. The molecule has 0 saturated heterocycles. The van der Waals surface area contributed by atoms with Crippen molar-refractivity contribution in [1.29, 1.82) is 0 Å². The van der Waals surface area contributed by atoms with Gasteiger partial charge >= 0.3 is 0 Å². The topological polar surface area (TPSA) is 48.1 Å². The van der Waals surface area contributed by atoms with Crippen molar-refractivity contribution in [3.05, 3.63) is 59.4 Å². The molecule has 1 aliphatic carbocycles. The summed E-state index contributed by atoms with van der Waals surface area (Å²) in [6, 6.07) is 10.2. The van der Waals surface area contributed by atoms with E-state index in [4.69, 9.17) is 10.5 Å². The molecular formula is C17H20N2O. The van der Waals surface area contributed by atoms with Gasteiger partial charge in [0.1, 0.15) is 11.9 Å². The van der Waals surface area contributed by atoms with Gasteiger partial charge in [-0.2, -0.15) is 0 Å². The van der Waals surface area contributed by atoms with Crippen molar-refractivity contribution in [3.8, 4) is 5.75 Å². The van der Waals surface area contributed by atoms with Gasteiger partial charge in [0.2, 0.25) is 0 Å². The Morgan fingerprint density at radius 2 is 2.05 bits per heavy atom. The Morgan fingerprint density at radius 1 is 1.20 bits per heavy atom. The number of pyridine rings is 1. The first-order chi connectivity index (χ1) is 9.74. The van der Waals surface area contributed by atoms with Crippen molar-refractivity contribution in [3.63, 3.8) is 0 Å². The van der Waals surface area contributed by atoms with Crippen LogP contribution in [0.25, 0.3) is 0 Å². The summed E-state index contributed by atoms with van der Waals surface area (Å²) in [7, 11) is 0. The van der Waals surface area contributed by atoms with E-state index in [2.05, 4.69) is 23.2 Å². The number of ether oxygens (including phenoxy) is 1. The van der Waals surface area contributed by atoms with Crippen molar-refractivity contribution in [2.45, 2.75) is 38.3 Å². The van der Waals surface area contributed by atoms with Crippen LogP contribution in [0.5, 0.6) is 5.75 Å². The zero-order valence-corrected chi connectivity index (χ0v) is 11.8. The normalized spacial score (nSPS) is 16.5. The Kier molecular flexibility index (Phi) is 3.70. The van der Waals surface area contributed by atoms with Gasteiger partial charge in [0.05, 0.1) is 0 Å². The standard InChI is InChI=1S/C17H20N2O/c1-12(18)17(15-6-3-9-19-11-15)20-16-8-7-13-4-2-5-14(13)10-16/h3,6-12,17H,2,4-5,18H2,1H3. The summed E-state index contributed by atoms with van der Waals surface area (Å²) in [5.41, 5.74) is 9.96. The summed E-state index contributed by atoms with van der Waals surface area (Å²) >= 11 is 0. The van der Waals surface area contributed by atoms with E-state index in [0.717, 1.165) is 17.7 Å². The molecule has 0 bridgehead atoms. The summed E-state index contributed by atoms with van der Waals surface area (Å²) in [6.45, 7) is 1.96. The van der Waals surface area contributed by atoms with Crippen molar-refractivity contribution in [1.82, 2.24) is 4.98 Å². The van der Waals surface area contributed by atoms with Crippen LogP contribution < -0.4 is 10.5 Å². The van der Waals surface area contributed by atoms with E-state index < -0.39 is 0 Å². The van der Waals surface area contributed by atoms with E-state index in [0.29, 0.717) is 0 Å². The van der Waals surface area contributed by atoms with Gasteiger partial charge in [0.15, 0.2) is 0 Å². The van der Waals surface area contributed by atoms with Gasteiger partial charge in [0, 0.05) is 24.0 Å². The molecule has 0 saturated carbocycles. The van der Waals surface area contributed by atoms with Gasteiger partial charge in [-0.25, -0.2) is 0 Å². The molecule has 3 rings (SSSR count). The lowest BCUT2D eigenvalue weighted by atomic mass is 10.1.